The molecule has 0 radical (unpaired) electrons. The Morgan fingerprint density at radius 3 is 2.57 bits per heavy atom. The summed E-state index contributed by atoms with van der Waals surface area (Å²) in [5.41, 5.74) is 0. The standard InChI is InChI=1S/C19H32N4O3S.HI/c1-4-20-19(22-15-16-7-6-13-23(16)5-2)21-12-14-26-17-8-10-18(11-9-17)27(3,24)25;/h8-11,16H,4-7,12-15H2,1-3H3,(H2,20,21,22);1H. The highest BCUT2D eigenvalue weighted by molar-refractivity contribution is 14.0. The van der Waals surface area contributed by atoms with Crippen molar-refractivity contribution in [3.05, 3.63) is 24.3 Å². The van der Waals surface area contributed by atoms with E-state index in [4.69, 9.17) is 9.73 Å². The number of halogens is 1. The maximum absolute atomic E-state index is 11.5. The van der Waals surface area contributed by atoms with Crippen LogP contribution in [0.15, 0.2) is 34.2 Å². The van der Waals surface area contributed by atoms with E-state index in [0.717, 1.165) is 25.6 Å². The molecular weight excluding hydrogens is 491 g/mol. The summed E-state index contributed by atoms with van der Waals surface area (Å²) in [7, 11) is -3.18. The van der Waals surface area contributed by atoms with Gasteiger partial charge in [0.15, 0.2) is 15.8 Å². The van der Waals surface area contributed by atoms with E-state index < -0.39 is 9.84 Å². The maximum Gasteiger partial charge on any atom is 0.191 e. The van der Waals surface area contributed by atoms with Gasteiger partial charge in [0.25, 0.3) is 0 Å². The minimum Gasteiger partial charge on any atom is -0.492 e. The summed E-state index contributed by atoms with van der Waals surface area (Å²) in [4.78, 5) is 7.48. The summed E-state index contributed by atoms with van der Waals surface area (Å²) >= 11 is 0. The Balaban J connectivity index is 0.00000392. The number of ether oxygens (including phenoxy) is 1. The van der Waals surface area contributed by atoms with E-state index in [2.05, 4.69) is 22.5 Å². The van der Waals surface area contributed by atoms with Gasteiger partial charge in [-0.3, -0.25) is 9.89 Å². The Morgan fingerprint density at radius 2 is 1.96 bits per heavy atom. The van der Waals surface area contributed by atoms with Crippen LogP contribution in [0.4, 0.5) is 0 Å². The molecule has 160 valence electrons. The van der Waals surface area contributed by atoms with Gasteiger partial charge in [-0.25, -0.2) is 8.42 Å². The Hall–Kier alpha value is -1.07. The predicted molar refractivity (Wildman–Crippen MR) is 125 cm³/mol. The van der Waals surface area contributed by atoms with Crippen LogP contribution in [0, 0.1) is 0 Å². The van der Waals surface area contributed by atoms with Crippen molar-refractivity contribution in [2.75, 3.05) is 45.6 Å². The van der Waals surface area contributed by atoms with Gasteiger partial charge in [0.2, 0.25) is 0 Å². The topological polar surface area (TPSA) is 83.0 Å². The van der Waals surface area contributed by atoms with E-state index in [1.165, 1.54) is 25.6 Å². The lowest BCUT2D eigenvalue weighted by atomic mass is 10.2. The smallest absolute Gasteiger partial charge is 0.191 e. The highest BCUT2D eigenvalue weighted by atomic mass is 127. The first-order valence-electron chi connectivity index (χ1n) is 9.63. The molecule has 1 fully saturated rings. The van der Waals surface area contributed by atoms with Crippen LogP contribution < -0.4 is 15.4 Å². The summed E-state index contributed by atoms with van der Waals surface area (Å²) in [6.07, 6.45) is 3.66. The Morgan fingerprint density at radius 1 is 1.25 bits per heavy atom. The average molecular weight is 524 g/mol. The highest BCUT2D eigenvalue weighted by Gasteiger charge is 2.22. The van der Waals surface area contributed by atoms with Crippen LogP contribution in [0.25, 0.3) is 0 Å². The van der Waals surface area contributed by atoms with E-state index in [1.807, 2.05) is 6.92 Å². The first kappa shape index (κ1) is 25.0. The summed E-state index contributed by atoms with van der Waals surface area (Å²) < 4.78 is 28.6. The SMILES string of the molecule is CCNC(=NCC1CCCN1CC)NCCOc1ccc(S(C)(=O)=O)cc1.I. The molecule has 1 aromatic carbocycles. The fourth-order valence-corrected chi connectivity index (χ4v) is 3.81. The zero-order valence-corrected chi connectivity index (χ0v) is 20.1. The number of aliphatic imine (C=N–C) groups is 1. The molecule has 0 saturated carbocycles. The summed E-state index contributed by atoms with van der Waals surface area (Å²) in [6, 6.07) is 7.01. The minimum atomic E-state index is -3.18. The number of guanidine groups is 1. The lowest BCUT2D eigenvalue weighted by molar-refractivity contribution is 0.273. The third-order valence-corrected chi connectivity index (χ3v) is 5.75. The second kappa shape index (κ2) is 12.5. The molecule has 1 unspecified atom stereocenters. The predicted octanol–water partition coefficient (Wildman–Crippen LogP) is 2.13. The molecule has 1 aromatic rings. The van der Waals surface area contributed by atoms with Crippen LogP contribution >= 0.6 is 24.0 Å². The lowest BCUT2D eigenvalue weighted by Gasteiger charge is -2.21. The molecular formula is C19H33IN4O3S. The van der Waals surface area contributed by atoms with E-state index in [-0.39, 0.29) is 24.0 Å². The van der Waals surface area contributed by atoms with E-state index in [0.29, 0.717) is 29.8 Å². The lowest BCUT2D eigenvalue weighted by Crippen LogP contribution is -2.40. The van der Waals surface area contributed by atoms with Crippen molar-refractivity contribution >= 4 is 39.8 Å². The number of nitrogens with one attached hydrogen (secondary N) is 2. The second-order valence-corrected chi connectivity index (χ2v) is 8.68. The number of likely N-dealkylation sites (N-methyl/N-ethyl adjacent to an activating group) is 1. The Kier molecular flexibility index (Phi) is 11.1. The summed E-state index contributed by atoms with van der Waals surface area (Å²) in [5.74, 6) is 1.45. The van der Waals surface area contributed by atoms with Crippen LogP contribution in [0.2, 0.25) is 0 Å². The zero-order chi connectivity index (χ0) is 19.7. The van der Waals surface area contributed by atoms with Gasteiger partial charge < -0.3 is 15.4 Å². The van der Waals surface area contributed by atoms with Gasteiger partial charge in [0, 0.05) is 18.8 Å². The van der Waals surface area contributed by atoms with Crippen molar-refractivity contribution in [2.45, 2.75) is 37.6 Å². The van der Waals surface area contributed by atoms with Crippen molar-refractivity contribution in [2.24, 2.45) is 4.99 Å². The second-order valence-electron chi connectivity index (χ2n) is 6.66. The number of benzene rings is 1. The summed E-state index contributed by atoms with van der Waals surface area (Å²) in [5, 5.41) is 6.54. The van der Waals surface area contributed by atoms with Crippen molar-refractivity contribution < 1.29 is 13.2 Å². The average Bonchev–Trinajstić information content (AvgIpc) is 3.10. The monoisotopic (exact) mass is 524 g/mol. The minimum absolute atomic E-state index is 0. The number of sulfone groups is 1. The van der Waals surface area contributed by atoms with Gasteiger partial charge in [-0.2, -0.15) is 0 Å². The van der Waals surface area contributed by atoms with Crippen molar-refractivity contribution in [3.63, 3.8) is 0 Å². The molecule has 1 atom stereocenters. The number of hydrogen-bond donors (Lipinski definition) is 2. The third-order valence-electron chi connectivity index (χ3n) is 4.62. The van der Waals surface area contributed by atoms with Gasteiger partial charge >= 0.3 is 0 Å². The van der Waals surface area contributed by atoms with Gasteiger partial charge in [-0.15, -0.1) is 24.0 Å². The first-order chi connectivity index (χ1) is 12.9. The summed E-state index contributed by atoms with van der Waals surface area (Å²) in [6.45, 7) is 9.19. The van der Waals surface area contributed by atoms with Crippen LogP contribution in [-0.2, 0) is 9.84 Å². The van der Waals surface area contributed by atoms with E-state index in [1.54, 1.807) is 24.3 Å². The van der Waals surface area contributed by atoms with E-state index >= 15 is 0 Å². The van der Waals surface area contributed by atoms with E-state index in [9.17, 15) is 8.42 Å². The van der Waals surface area contributed by atoms with Gasteiger partial charge in [-0.05, 0) is 57.1 Å². The molecule has 1 heterocycles. The molecule has 1 saturated heterocycles. The van der Waals surface area contributed by atoms with Gasteiger partial charge in [0.05, 0.1) is 18.0 Å². The molecule has 1 aliphatic heterocycles. The number of hydrogen-bond acceptors (Lipinski definition) is 5. The Bertz CT molecular complexity index is 710. The van der Waals surface area contributed by atoms with Crippen molar-refractivity contribution in [1.29, 1.82) is 0 Å². The van der Waals surface area contributed by atoms with Gasteiger partial charge in [0.1, 0.15) is 12.4 Å². The number of rotatable bonds is 9. The van der Waals surface area contributed by atoms with Crippen LogP contribution in [0.5, 0.6) is 5.75 Å². The molecule has 1 aliphatic rings. The molecule has 2 rings (SSSR count). The molecule has 0 spiro atoms. The number of likely N-dealkylation sites (tertiary alicyclic amines) is 1. The zero-order valence-electron chi connectivity index (χ0n) is 17.0. The maximum atomic E-state index is 11.5. The normalized spacial score (nSPS) is 17.8. The van der Waals surface area contributed by atoms with Crippen LogP contribution in [-0.4, -0.2) is 70.9 Å². The van der Waals surface area contributed by atoms with Crippen molar-refractivity contribution in [1.82, 2.24) is 15.5 Å². The third kappa shape index (κ3) is 8.12. The van der Waals surface area contributed by atoms with Crippen LogP contribution in [0.1, 0.15) is 26.7 Å². The molecule has 28 heavy (non-hydrogen) atoms. The quantitative estimate of drug-likeness (QED) is 0.223. The van der Waals surface area contributed by atoms with Gasteiger partial charge in [-0.1, -0.05) is 6.92 Å². The molecule has 9 heteroatoms. The highest BCUT2D eigenvalue weighted by Crippen LogP contribution is 2.17. The number of nitrogens with zero attached hydrogens (tertiary/aromatic N) is 2. The fourth-order valence-electron chi connectivity index (χ4n) is 3.18. The molecule has 0 aliphatic carbocycles. The van der Waals surface area contributed by atoms with Crippen LogP contribution in [0.3, 0.4) is 0 Å². The molecule has 7 nitrogen and oxygen atoms in total. The molecule has 0 amide bonds. The molecule has 2 N–H and O–H groups in total. The van der Waals surface area contributed by atoms with Crippen molar-refractivity contribution in [3.8, 4) is 5.75 Å². The molecule has 0 bridgehead atoms. The Labute approximate surface area is 186 Å². The molecule has 0 aromatic heterocycles. The first-order valence-corrected chi connectivity index (χ1v) is 11.5. The largest absolute Gasteiger partial charge is 0.492 e. The fraction of sp³-hybridized carbons (Fsp3) is 0.632.